The fraction of sp³-hybridized carbons (Fsp3) is 0. The first kappa shape index (κ1) is 83.3. The predicted molar refractivity (Wildman–Crippen MR) is 48.0 cm³/mol. The summed E-state index contributed by atoms with van der Waals surface area (Å²) in [6.45, 7) is 0. The molecule has 0 saturated carbocycles. The van der Waals surface area contributed by atoms with Gasteiger partial charge in [0.05, 0.1) is 0 Å². The Morgan fingerprint density at radius 2 is 0.526 bits per heavy atom. The Morgan fingerprint density at radius 1 is 0.526 bits per heavy atom. The molecule has 19 heavy (non-hydrogen) atoms. The first-order chi connectivity index (χ1) is 5.20. The van der Waals surface area contributed by atoms with Gasteiger partial charge < -0.3 is 48.5 Å². The van der Waals surface area contributed by atoms with Crippen LogP contribution in [-0.2, 0) is 0 Å². The van der Waals surface area contributed by atoms with Crippen LogP contribution in [0.4, 0.5) is 0 Å². The summed E-state index contributed by atoms with van der Waals surface area (Å²) in [4.78, 5) is 25.1. The van der Waals surface area contributed by atoms with E-state index >= 15 is 0 Å². The molecule has 0 aromatic heterocycles. The van der Waals surface area contributed by atoms with Crippen molar-refractivity contribution in [3.8, 4) is 0 Å². The van der Waals surface area contributed by atoms with Crippen molar-refractivity contribution in [3.05, 3.63) is 30.3 Å². The Labute approximate surface area is 134 Å². The molecular weight excluding hydrogens is 432 g/mol. The van der Waals surface area contributed by atoms with E-state index in [0.717, 1.165) is 0 Å². The average Bonchev–Trinajstić information content (AvgIpc) is 1.54. The van der Waals surface area contributed by atoms with E-state index in [4.69, 9.17) is 46.0 Å². The van der Waals surface area contributed by atoms with E-state index in [1.54, 1.807) is 0 Å². The Kier molecular flexibility index (Phi) is 304. The van der Waals surface area contributed by atoms with E-state index in [0.29, 0.717) is 0 Å². The minimum Gasteiger partial charge on any atom is -0.412 e. The topological polar surface area (TPSA) is 379 Å². The molecule has 0 rings (SSSR count). The third-order valence-electron chi connectivity index (χ3n) is 0. The molecule has 0 spiro atoms. The van der Waals surface area contributed by atoms with Gasteiger partial charge in [0, 0.05) is 40.4 Å². The van der Waals surface area contributed by atoms with Crippen LogP contribution in [0.25, 0.3) is 0 Å². The maximum Gasteiger partial charge on any atom is 0.291 e. The molecule has 0 aliphatic rings. The van der Waals surface area contributed by atoms with Gasteiger partial charge in [-0.05, 0) is 0 Å². The number of hydrogen-bond acceptors (Lipinski definition) is 6. The normalized spacial score (nSPS) is 3.79. The SMILES string of the molecule is O.O.O.O.O.O.O=[N+]([O-])O.O=[N+]([O-])O.O=[N+]([O-])O.[Sm]. The van der Waals surface area contributed by atoms with Crippen molar-refractivity contribution in [2.75, 3.05) is 0 Å². The van der Waals surface area contributed by atoms with E-state index < -0.39 is 15.3 Å². The molecule has 0 aliphatic carbocycles. The zero-order valence-corrected chi connectivity index (χ0v) is 11.2. The van der Waals surface area contributed by atoms with Gasteiger partial charge in [0.25, 0.3) is 15.3 Å². The van der Waals surface area contributed by atoms with Crippen molar-refractivity contribution in [2.45, 2.75) is 0 Å². The first-order valence-corrected chi connectivity index (χ1v) is 1.70. The number of rotatable bonds is 0. The van der Waals surface area contributed by atoms with Crippen molar-refractivity contribution >= 4 is 0 Å². The van der Waals surface area contributed by atoms with E-state index in [9.17, 15) is 0 Å². The fourth-order valence-electron chi connectivity index (χ4n) is 0. The van der Waals surface area contributed by atoms with E-state index in [1.165, 1.54) is 0 Å². The summed E-state index contributed by atoms with van der Waals surface area (Å²) in [5.41, 5.74) is 0. The molecule has 126 valence electrons. The van der Waals surface area contributed by atoms with Gasteiger partial charge in [-0.15, -0.1) is 30.3 Å². The van der Waals surface area contributed by atoms with Gasteiger partial charge in [-0.3, -0.25) is 0 Å². The van der Waals surface area contributed by atoms with Crippen molar-refractivity contribution in [1.82, 2.24) is 0 Å². The van der Waals surface area contributed by atoms with Crippen LogP contribution in [0.5, 0.6) is 0 Å². The van der Waals surface area contributed by atoms with Crippen LogP contribution in [0.15, 0.2) is 0 Å². The standard InChI is InChI=1S/3HNO3.6H2O.Sm/c3*2-1(3)4;;;;;;;/h3*(H,2,3,4);6*1H2;. The molecule has 0 saturated heterocycles. The summed E-state index contributed by atoms with van der Waals surface area (Å²) in [6, 6.07) is 0. The van der Waals surface area contributed by atoms with Crippen LogP contribution >= 0.6 is 0 Å². The molecule has 0 fully saturated rings. The molecule has 0 amide bonds. The summed E-state index contributed by atoms with van der Waals surface area (Å²) in [6.07, 6.45) is 0. The quantitative estimate of drug-likeness (QED) is 0.234. The molecule has 0 radical (unpaired) electrons. The van der Waals surface area contributed by atoms with Crippen LogP contribution in [0.2, 0.25) is 0 Å². The van der Waals surface area contributed by atoms with Gasteiger partial charge in [0.15, 0.2) is 0 Å². The van der Waals surface area contributed by atoms with Crippen molar-refractivity contribution in [2.24, 2.45) is 0 Å². The zero-order chi connectivity index (χ0) is 10.7. The largest absolute Gasteiger partial charge is 0.412 e. The first-order valence-electron chi connectivity index (χ1n) is 1.70. The van der Waals surface area contributed by atoms with Crippen molar-refractivity contribution in [1.29, 1.82) is 0 Å². The summed E-state index contributed by atoms with van der Waals surface area (Å²) >= 11 is 0. The molecule has 0 atom stereocenters. The van der Waals surface area contributed by atoms with Gasteiger partial charge in [-0.2, -0.15) is 0 Å². The van der Waals surface area contributed by atoms with Gasteiger partial charge in [-0.1, -0.05) is 0 Å². The molecule has 0 heterocycles. The van der Waals surface area contributed by atoms with Gasteiger partial charge in [0.2, 0.25) is 0 Å². The second kappa shape index (κ2) is 69.4. The average molecular weight is 447 g/mol. The summed E-state index contributed by atoms with van der Waals surface area (Å²) in [5, 5.41) is 40.9. The third-order valence-corrected chi connectivity index (χ3v) is 0. The fourth-order valence-corrected chi connectivity index (χ4v) is 0. The van der Waals surface area contributed by atoms with E-state index in [1.807, 2.05) is 0 Å². The van der Waals surface area contributed by atoms with Gasteiger partial charge >= 0.3 is 0 Å². The molecule has 19 heteroatoms. The zero-order valence-electron chi connectivity index (χ0n) is 8.54. The molecule has 15 N–H and O–H groups in total. The predicted octanol–water partition coefficient (Wildman–Crippen LogP) is -5.99. The summed E-state index contributed by atoms with van der Waals surface area (Å²) in [7, 11) is 0. The number of hydrogen-bond donors (Lipinski definition) is 3. The molecule has 0 bridgehead atoms. The Balaban J connectivity index is -0.00000000675. The van der Waals surface area contributed by atoms with Crippen LogP contribution in [-0.4, -0.2) is 63.7 Å². The van der Waals surface area contributed by atoms with E-state index in [-0.39, 0.29) is 73.2 Å². The van der Waals surface area contributed by atoms with Crippen LogP contribution in [0.1, 0.15) is 0 Å². The maximum atomic E-state index is 8.36. The Bertz CT molecular complexity index is 115. The smallest absolute Gasteiger partial charge is 0.291 e. The third kappa shape index (κ3) is 2130. The summed E-state index contributed by atoms with van der Waals surface area (Å²) < 4.78 is 0. The second-order valence-electron chi connectivity index (χ2n) is 0.714. The Morgan fingerprint density at radius 3 is 0.526 bits per heavy atom. The van der Waals surface area contributed by atoms with Gasteiger partial charge in [-0.25, -0.2) is 0 Å². The van der Waals surface area contributed by atoms with Crippen molar-refractivity contribution < 1.29 is 104 Å². The Hall–Kier alpha value is -1.30. The van der Waals surface area contributed by atoms with E-state index in [2.05, 4.69) is 0 Å². The molecule has 0 aliphatic heterocycles. The second-order valence-corrected chi connectivity index (χ2v) is 0.714. The molecule has 0 aromatic rings. The molecule has 0 unspecified atom stereocenters. The van der Waals surface area contributed by atoms with Gasteiger partial charge in [0.1, 0.15) is 0 Å². The molecule has 18 nitrogen and oxygen atoms in total. The molecule has 0 aromatic carbocycles. The van der Waals surface area contributed by atoms with Crippen LogP contribution in [0, 0.1) is 70.7 Å². The van der Waals surface area contributed by atoms with Crippen LogP contribution < -0.4 is 0 Å². The minimum absolute atomic E-state index is 0. The van der Waals surface area contributed by atoms with Crippen LogP contribution in [0.3, 0.4) is 0 Å². The maximum absolute atomic E-state index is 8.36. The molecular formula is H15N3O15Sm. The number of nitrogens with zero attached hydrogens (tertiary/aromatic N) is 3. The monoisotopic (exact) mass is 449 g/mol. The summed E-state index contributed by atoms with van der Waals surface area (Å²) in [5.74, 6) is 0. The minimum atomic E-state index is -1.50. The van der Waals surface area contributed by atoms with Crippen molar-refractivity contribution in [3.63, 3.8) is 0 Å².